The summed E-state index contributed by atoms with van der Waals surface area (Å²) in [5, 5.41) is 9.79. The van der Waals surface area contributed by atoms with Gasteiger partial charge in [-0.3, -0.25) is 4.79 Å². The Balaban J connectivity index is 2.36. The number of rotatable bonds is 3. The van der Waals surface area contributed by atoms with Crippen molar-refractivity contribution in [1.82, 2.24) is 0 Å². The molecule has 0 radical (unpaired) electrons. The number of amides is 1. The van der Waals surface area contributed by atoms with E-state index in [1.807, 2.05) is 6.07 Å². The van der Waals surface area contributed by atoms with Crippen molar-refractivity contribution < 1.29 is 4.79 Å². The highest BCUT2D eigenvalue weighted by atomic mass is 32.1. The summed E-state index contributed by atoms with van der Waals surface area (Å²) in [6.45, 7) is 6.18. The first-order chi connectivity index (χ1) is 8.95. The molecule has 6 heteroatoms. The molecule has 0 saturated carbocycles. The summed E-state index contributed by atoms with van der Waals surface area (Å²) in [4.78, 5) is 14.1. The van der Waals surface area contributed by atoms with Gasteiger partial charge in [0.2, 0.25) is 0 Å². The molecule has 4 N–H and O–H groups in total. The van der Waals surface area contributed by atoms with Gasteiger partial charge in [0, 0.05) is 13.1 Å². The molecule has 2 rings (SSSR count). The highest BCUT2D eigenvalue weighted by Gasteiger charge is 2.30. The number of nitrogens with zero attached hydrogens (tertiary/aromatic N) is 2. The van der Waals surface area contributed by atoms with Gasteiger partial charge in [-0.25, -0.2) is 0 Å². The van der Waals surface area contributed by atoms with E-state index in [1.165, 1.54) is 11.3 Å². The first-order valence-electron chi connectivity index (χ1n) is 6.32. The molecule has 1 aliphatic rings. The second-order valence-electron chi connectivity index (χ2n) is 5.24. The Bertz CT molecular complexity index is 544. The number of hydrogen-bond donors (Lipinski definition) is 2. The molecule has 1 amide bonds. The fourth-order valence-electron chi connectivity index (χ4n) is 2.49. The monoisotopic (exact) mass is 278 g/mol. The van der Waals surface area contributed by atoms with E-state index in [-0.39, 0.29) is 5.69 Å². The standard InChI is InChI=1S/C13H18N4OS/c1-7(2)8-3-4-17(6-8)13-10(12(16)18)11(15)9(5-14)19-13/h7-8H,3-4,6,15H2,1-2H3,(H2,16,18). The van der Waals surface area contributed by atoms with E-state index in [9.17, 15) is 4.79 Å². The zero-order chi connectivity index (χ0) is 14.2. The van der Waals surface area contributed by atoms with Crippen LogP contribution in [0.25, 0.3) is 0 Å². The Hall–Kier alpha value is -1.74. The van der Waals surface area contributed by atoms with Crippen molar-refractivity contribution in [2.45, 2.75) is 20.3 Å². The number of carbonyl (C=O) groups is 1. The number of carbonyl (C=O) groups excluding carboxylic acids is 1. The third kappa shape index (κ3) is 2.38. The van der Waals surface area contributed by atoms with Crippen molar-refractivity contribution in [3.63, 3.8) is 0 Å². The van der Waals surface area contributed by atoms with Crippen LogP contribution in [0.5, 0.6) is 0 Å². The molecule has 1 aromatic heterocycles. The molecule has 1 fully saturated rings. The lowest BCUT2D eigenvalue weighted by Gasteiger charge is -2.19. The number of anilines is 2. The average molecular weight is 278 g/mol. The molecule has 1 atom stereocenters. The van der Waals surface area contributed by atoms with E-state index in [0.717, 1.165) is 24.5 Å². The maximum absolute atomic E-state index is 11.6. The fraction of sp³-hybridized carbons (Fsp3) is 0.538. The average Bonchev–Trinajstić information content (AvgIpc) is 2.92. The summed E-state index contributed by atoms with van der Waals surface area (Å²) >= 11 is 1.26. The molecule has 0 bridgehead atoms. The lowest BCUT2D eigenvalue weighted by Crippen LogP contribution is -2.24. The van der Waals surface area contributed by atoms with Crippen molar-refractivity contribution in [3.8, 4) is 6.07 Å². The van der Waals surface area contributed by atoms with Gasteiger partial charge in [-0.1, -0.05) is 13.8 Å². The molecule has 1 saturated heterocycles. The molecule has 1 aromatic rings. The molecule has 0 spiro atoms. The largest absolute Gasteiger partial charge is 0.396 e. The summed E-state index contributed by atoms with van der Waals surface area (Å²) in [7, 11) is 0. The van der Waals surface area contributed by atoms with Gasteiger partial charge in [0.05, 0.1) is 11.3 Å². The first-order valence-corrected chi connectivity index (χ1v) is 7.14. The van der Waals surface area contributed by atoms with E-state index in [1.54, 1.807) is 0 Å². The predicted molar refractivity (Wildman–Crippen MR) is 77.1 cm³/mol. The van der Waals surface area contributed by atoms with Crippen LogP contribution >= 0.6 is 11.3 Å². The Kier molecular flexibility index (Phi) is 3.67. The van der Waals surface area contributed by atoms with Gasteiger partial charge >= 0.3 is 0 Å². The van der Waals surface area contributed by atoms with Crippen LogP contribution in [0.4, 0.5) is 10.7 Å². The number of thiophene rings is 1. The van der Waals surface area contributed by atoms with Crippen LogP contribution in [0.2, 0.25) is 0 Å². The van der Waals surface area contributed by atoms with Crippen LogP contribution in [-0.4, -0.2) is 19.0 Å². The fourth-order valence-corrected chi connectivity index (χ4v) is 3.55. The molecule has 2 heterocycles. The summed E-state index contributed by atoms with van der Waals surface area (Å²) in [5.74, 6) is 0.655. The zero-order valence-electron chi connectivity index (χ0n) is 11.1. The Labute approximate surface area is 116 Å². The SMILES string of the molecule is CC(C)C1CCN(c2sc(C#N)c(N)c2C(N)=O)C1. The quantitative estimate of drug-likeness (QED) is 0.880. The van der Waals surface area contributed by atoms with E-state index < -0.39 is 5.91 Å². The van der Waals surface area contributed by atoms with Gasteiger partial charge in [0.1, 0.15) is 15.9 Å². The smallest absolute Gasteiger partial charge is 0.253 e. The van der Waals surface area contributed by atoms with Gasteiger partial charge in [-0.15, -0.1) is 11.3 Å². The van der Waals surface area contributed by atoms with Gasteiger partial charge in [-0.2, -0.15) is 5.26 Å². The second-order valence-corrected chi connectivity index (χ2v) is 6.24. The van der Waals surface area contributed by atoms with Gasteiger partial charge in [-0.05, 0) is 18.3 Å². The van der Waals surface area contributed by atoms with Crippen LogP contribution < -0.4 is 16.4 Å². The number of hydrogen-bond acceptors (Lipinski definition) is 5. The molecular formula is C13H18N4OS. The van der Waals surface area contributed by atoms with Gasteiger partial charge in [0.25, 0.3) is 5.91 Å². The van der Waals surface area contributed by atoms with E-state index in [0.29, 0.717) is 22.3 Å². The molecular weight excluding hydrogens is 260 g/mol. The molecule has 0 aliphatic carbocycles. The van der Waals surface area contributed by atoms with Crippen LogP contribution in [-0.2, 0) is 0 Å². The lowest BCUT2D eigenvalue weighted by atomic mass is 9.95. The van der Waals surface area contributed by atoms with E-state index >= 15 is 0 Å². The van der Waals surface area contributed by atoms with E-state index in [4.69, 9.17) is 16.7 Å². The molecule has 1 unspecified atom stereocenters. The summed E-state index contributed by atoms with van der Waals surface area (Å²) in [6, 6.07) is 2.03. The maximum atomic E-state index is 11.6. The van der Waals surface area contributed by atoms with Crippen molar-refractivity contribution in [1.29, 1.82) is 5.26 Å². The molecule has 5 nitrogen and oxygen atoms in total. The third-order valence-electron chi connectivity index (χ3n) is 3.73. The topological polar surface area (TPSA) is 96.1 Å². The second kappa shape index (κ2) is 5.10. The maximum Gasteiger partial charge on any atom is 0.253 e. The highest BCUT2D eigenvalue weighted by molar-refractivity contribution is 7.17. The molecule has 102 valence electrons. The minimum atomic E-state index is -0.557. The highest BCUT2D eigenvalue weighted by Crippen LogP contribution is 2.40. The van der Waals surface area contributed by atoms with E-state index in [2.05, 4.69) is 18.7 Å². The van der Waals surface area contributed by atoms with Crippen molar-refractivity contribution >= 4 is 27.9 Å². The minimum absolute atomic E-state index is 0.225. The number of nitriles is 1. The molecule has 19 heavy (non-hydrogen) atoms. The Morgan fingerprint density at radius 3 is 2.74 bits per heavy atom. The van der Waals surface area contributed by atoms with Gasteiger partial charge in [0.15, 0.2) is 0 Å². The zero-order valence-corrected chi connectivity index (χ0v) is 12.0. The van der Waals surface area contributed by atoms with Crippen molar-refractivity contribution in [2.75, 3.05) is 23.7 Å². The molecule has 1 aliphatic heterocycles. The predicted octanol–water partition coefficient (Wildman–Crippen LogP) is 1.78. The number of nitrogens with two attached hydrogens (primary N) is 2. The number of nitrogen functional groups attached to an aromatic ring is 1. The first kappa shape index (κ1) is 13.7. The van der Waals surface area contributed by atoms with Crippen LogP contribution in [0.1, 0.15) is 35.5 Å². The minimum Gasteiger partial charge on any atom is -0.396 e. The summed E-state index contributed by atoms with van der Waals surface area (Å²) in [6.07, 6.45) is 1.09. The van der Waals surface area contributed by atoms with Crippen LogP contribution in [0.15, 0.2) is 0 Å². The van der Waals surface area contributed by atoms with Crippen molar-refractivity contribution in [2.24, 2.45) is 17.6 Å². The Morgan fingerprint density at radius 1 is 1.58 bits per heavy atom. The number of primary amides is 1. The Morgan fingerprint density at radius 2 is 2.26 bits per heavy atom. The normalized spacial score (nSPS) is 18.8. The van der Waals surface area contributed by atoms with Gasteiger partial charge < -0.3 is 16.4 Å². The molecule has 0 aromatic carbocycles. The van der Waals surface area contributed by atoms with Crippen LogP contribution in [0.3, 0.4) is 0 Å². The third-order valence-corrected chi connectivity index (χ3v) is 4.90. The summed E-state index contributed by atoms with van der Waals surface area (Å²) in [5.41, 5.74) is 11.8. The lowest BCUT2D eigenvalue weighted by molar-refractivity contribution is 0.100. The van der Waals surface area contributed by atoms with Crippen LogP contribution in [0, 0.1) is 23.2 Å². The summed E-state index contributed by atoms with van der Waals surface area (Å²) < 4.78 is 0. The van der Waals surface area contributed by atoms with Crippen molar-refractivity contribution in [3.05, 3.63) is 10.4 Å².